The maximum Gasteiger partial charge on any atom is 0.253 e. The summed E-state index contributed by atoms with van der Waals surface area (Å²) >= 11 is 2.12. The Hall–Kier alpha value is -2.42. The molecule has 25 heavy (non-hydrogen) atoms. The standard InChI is InChI=1S/C18H16IN3O3/c19-13-6-7-15(23)12(8-13)9-21-22-18(25)16-14(10-20-17(16)24)11-4-2-1-3-5-11/h1-9,14,16,23H,10H2,(H,20,24)(H,22,25)/b21-9+/t14-,16+/m0/s1. The van der Waals surface area contributed by atoms with Gasteiger partial charge in [0.25, 0.3) is 5.91 Å². The Bertz CT molecular complexity index is 824. The maximum absolute atomic E-state index is 12.4. The summed E-state index contributed by atoms with van der Waals surface area (Å²) in [7, 11) is 0. The van der Waals surface area contributed by atoms with Gasteiger partial charge in [0.15, 0.2) is 0 Å². The van der Waals surface area contributed by atoms with Crippen LogP contribution in [0.2, 0.25) is 0 Å². The number of carbonyl (C=O) groups is 2. The molecule has 3 rings (SSSR count). The van der Waals surface area contributed by atoms with E-state index in [4.69, 9.17) is 0 Å². The Balaban J connectivity index is 1.72. The number of benzene rings is 2. The lowest BCUT2D eigenvalue weighted by atomic mass is 9.88. The van der Waals surface area contributed by atoms with Crippen LogP contribution in [0, 0.1) is 9.49 Å². The first-order chi connectivity index (χ1) is 12.1. The van der Waals surface area contributed by atoms with Crippen LogP contribution in [0.25, 0.3) is 0 Å². The molecule has 1 aliphatic heterocycles. The van der Waals surface area contributed by atoms with Crippen molar-refractivity contribution in [3.63, 3.8) is 0 Å². The van der Waals surface area contributed by atoms with Gasteiger partial charge in [-0.1, -0.05) is 30.3 Å². The number of halogens is 1. The number of phenolic OH excluding ortho intramolecular Hbond substituents is 1. The molecular formula is C18H16IN3O3. The number of nitrogens with zero attached hydrogens (tertiary/aromatic N) is 1. The number of hydrogen-bond acceptors (Lipinski definition) is 4. The number of nitrogens with one attached hydrogen (secondary N) is 2. The molecule has 0 bridgehead atoms. The molecule has 2 amide bonds. The quantitative estimate of drug-likeness (QED) is 0.289. The van der Waals surface area contributed by atoms with Crippen molar-refractivity contribution in [1.82, 2.24) is 10.7 Å². The van der Waals surface area contributed by atoms with Crippen LogP contribution in [0.3, 0.4) is 0 Å². The highest BCUT2D eigenvalue weighted by atomic mass is 127. The predicted octanol–water partition coefficient (Wildman–Crippen LogP) is 1.98. The summed E-state index contributed by atoms with van der Waals surface area (Å²) in [5.41, 5.74) is 3.83. The molecule has 6 nitrogen and oxygen atoms in total. The number of phenols is 1. The number of amides is 2. The second-order valence-electron chi connectivity index (χ2n) is 5.68. The molecule has 7 heteroatoms. The second kappa shape index (κ2) is 7.64. The van der Waals surface area contributed by atoms with Gasteiger partial charge >= 0.3 is 0 Å². The average Bonchev–Trinajstić information content (AvgIpc) is 3.00. The molecule has 0 saturated carbocycles. The van der Waals surface area contributed by atoms with Crippen LogP contribution in [0.5, 0.6) is 5.75 Å². The largest absolute Gasteiger partial charge is 0.507 e. The minimum atomic E-state index is -0.830. The monoisotopic (exact) mass is 449 g/mol. The number of aromatic hydroxyl groups is 1. The first-order valence-electron chi connectivity index (χ1n) is 7.70. The summed E-state index contributed by atoms with van der Waals surface area (Å²) in [6.45, 7) is 0.419. The van der Waals surface area contributed by atoms with Gasteiger partial charge in [0.1, 0.15) is 11.7 Å². The Labute approximate surface area is 158 Å². The summed E-state index contributed by atoms with van der Waals surface area (Å²) < 4.78 is 0.933. The molecule has 2 aromatic carbocycles. The summed E-state index contributed by atoms with van der Waals surface area (Å²) in [5.74, 6) is -1.76. The van der Waals surface area contributed by atoms with Gasteiger partial charge in [0, 0.05) is 21.6 Å². The molecule has 2 atom stereocenters. The van der Waals surface area contributed by atoms with E-state index < -0.39 is 11.8 Å². The third kappa shape index (κ3) is 3.98. The summed E-state index contributed by atoms with van der Waals surface area (Å²) in [6, 6.07) is 14.5. The van der Waals surface area contributed by atoms with Crippen molar-refractivity contribution in [3.8, 4) is 5.75 Å². The molecule has 1 saturated heterocycles. The molecule has 1 heterocycles. The van der Waals surface area contributed by atoms with Crippen molar-refractivity contribution in [2.45, 2.75) is 5.92 Å². The Kier molecular flexibility index (Phi) is 5.32. The first-order valence-corrected chi connectivity index (χ1v) is 8.78. The summed E-state index contributed by atoms with van der Waals surface area (Å²) in [5, 5.41) is 16.4. The third-order valence-corrected chi connectivity index (χ3v) is 4.73. The molecule has 1 aliphatic rings. The topological polar surface area (TPSA) is 90.8 Å². The summed E-state index contributed by atoms with van der Waals surface area (Å²) in [6.07, 6.45) is 1.36. The van der Waals surface area contributed by atoms with Crippen molar-refractivity contribution >= 4 is 40.6 Å². The van der Waals surface area contributed by atoms with Crippen molar-refractivity contribution in [2.75, 3.05) is 6.54 Å². The van der Waals surface area contributed by atoms with E-state index in [9.17, 15) is 14.7 Å². The van der Waals surface area contributed by atoms with E-state index >= 15 is 0 Å². The lowest BCUT2D eigenvalue weighted by Gasteiger charge is -2.15. The lowest BCUT2D eigenvalue weighted by Crippen LogP contribution is -2.34. The first kappa shape index (κ1) is 17.4. The van der Waals surface area contributed by atoms with E-state index in [0.717, 1.165) is 9.13 Å². The minimum absolute atomic E-state index is 0.0687. The minimum Gasteiger partial charge on any atom is -0.507 e. The molecule has 3 N–H and O–H groups in total. The second-order valence-corrected chi connectivity index (χ2v) is 6.92. The number of carbonyl (C=O) groups excluding carboxylic acids is 2. The Morgan fingerprint density at radius 3 is 2.80 bits per heavy atom. The van der Waals surface area contributed by atoms with Gasteiger partial charge in [-0.2, -0.15) is 5.10 Å². The van der Waals surface area contributed by atoms with Crippen LogP contribution in [-0.2, 0) is 9.59 Å². The van der Waals surface area contributed by atoms with Crippen LogP contribution in [0.4, 0.5) is 0 Å². The van der Waals surface area contributed by atoms with E-state index in [1.807, 2.05) is 30.3 Å². The number of rotatable bonds is 4. The van der Waals surface area contributed by atoms with E-state index in [0.29, 0.717) is 12.1 Å². The van der Waals surface area contributed by atoms with Crippen LogP contribution < -0.4 is 10.7 Å². The smallest absolute Gasteiger partial charge is 0.253 e. The van der Waals surface area contributed by atoms with E-state index in [1.54, 1.807) is 18.2 Å². The van der Waals surface area contributed by atoms with Gasteiger partial charge in [0.05, 0.1) is 6.21 Å². The number of hydrazone groups is 1. The zero-order valence-corrected chi connectivity index (χ0v) is 15.3. The fourth-order valence-electron chi connectivity index (χ4n) is 2.80. The molecule has 128 valence electrons. The highest BCUT2D eigenvalue weighted by Crippen LogP contribution is 2.29. The third-order valence-electron chi connectivity index (χ3n) is 4.06. The van der Waals surface area contributed by atoms with Gasteiger partial charge in [-0.15, -0.1) is 0 Å². The predicted molar refractivity (Wildman–Crippen MR) is 102 cm³/mol. The Morgan fingerprint density at radius 1 is 1.28 bits per heavy atom. The number of hydrogen-bond donors (Lipinski definition) is 3. The normalized spacial score (nSPS) is 19.8. The fraction of sp³-hybridized carbons (Fsp3) is 0.167. The van der Waals surface area contributed by atoms with Crippen LogP contribution in [0.15, 0.2) is 53.6 Å². The summed E-state index contributed by atoms with van der Waals surface area (Å²) in [4.78, 5) is 24.5. The van der Waals surface area contributed by atoms with Gasteiger partial charge < -0.3 is 10.4 Å². The van der Waals surface area contributed by atoms with Crippen molar-refractivity contribution in [2.24, 2.45) is 11.0 Å². The molecule has 0 spiro atoms. The zero-order chi connectivity index (χ0) is 17.8. The Morgan fingerprint density at radius 2 is 2.04 bits per heavy atom. The van der Waals surface area contributed by atoms with Crippen molar-refractivity contribution < 1.29 is 14.7 Å². The van der Waals surface area contributed by atoms with E-state index in [-0.39, 0.29) is 17.6 Å². The molecule has 2 aromatic rings. The molecule has 0 aliphatic carbocycles. The van der Waals surface area contributed by atoms with Gasteiger partial charge in [-0.25, -0.2) is 5.43 Å². The molecule has 0 radical (unpaired) electrons. The van der Waals surface area contributed by atoms with Crippen molar-refractivity contribution in [3.05, 3.63) is 63.2 Å². The van der Waals surface area contributed by atoms with Crippen molar-refractivity contribution in [1.29, 1.82) is 0 Å². The SMILES string of the molecule is O=C1NC[C@@H](c2ccccc2)[C@H]1C(=O)N/N=C/c1cc(I)ccc1O. The van der Waals surface area contributed by atoms with E-state index in [2.05, 4.69) is 38.4 Å². The van der Waals surface area contributed by atoms with Crippen LogP contribution in [-0.4, -0.2) is 29.7 Å². The highest BCUT2D eigenvalue weighted by Gasteiger charge is 2.40. The molecular weight excluding hydrogens is 433 g/mol. The van der Waals surface area contributed by atoms with Crippen LogP contribution in [0.1, 0.15) is 17.0 Å². The fourth-order valence-corrected chi connectivity index (χ4v) is 3.31. The molecule has 0 unspecified atom stereocenters. The average molecular weight is 449 g/mol. The van der Waals surface area contributed by atoms with E-state index in [1.165, 1.54) is 6.21 Å². The molecule has 1 fully saturated rings. The van der Waals surface area contributed by atoms with Crippen LogP contribution >= 0.6 is 22.6 Å². The molecule has 0 aromatic heterocycles. The van der Waals surface area contributed by atoms with Gasteiger partial charge in [0.2, 0.25) is 5.91 Å². The van der Waals surface area contributed by atoms with Gasteiger partial charge in [-0.05, 0) is 46.4 Å². The maximum atomic E-state index is 12.4. The highest BCUT2D eigenvalue weighted by molar-refractivity contribution is 14.1. The van der Waals surface area contributed by atoms with Gasteiger partial charge in [-0.3, -0.25) is 9.59 Å². The lowest BCUT2D eigenvalue weighted by molar-refractivity contribution is -0.133. The zero-order valence-electron chi connectivity index (χ0n) is 13.1.